The molecule has 0 amide bonds. The quantitative estimate of drug-likeness (QED) is 0.916. The van der Waals surface area contributed by atoms with Crippen LogP contribution in [0.5, 0.6) is 0 Å². The first kappa shape index (κ1) is 13.5. The molecule has 1 aliphatic rings. The molecule has 5 heteroatoms. The maximum absolute atomic E-state index is 4.78. The van der Waals surface area contributed by atoms with Crippen molar-refractivity contribution in [2.75, 3.05) is 32.7 Å². The van der Waals surface area contributed by atoms with Crippen molar-refractivity contribution >= 4 is 11.2 Å². The van der Waals surface area contributed by atoms with Crippen LogP contribution >= 0.6 is 0 Å². The Morgan fingerprint density at radius 2 is 2.10 bits per heavy atom. The molecule has 1 aliphatic heterocycles. The summed E-state index contributed by atoms with van der Waals surface area (Å²) in [6.07, 6.45) is 2.84. The molecular formula is C15H23N5. The Hall–Kier alpha value is -1.46. The molecule has 1 fully saturated rings. The van der Waals surface area contributed by atoms with Gasteiger partial charge in [-0.1, -0.05) is 0 Å². The number of nitrogens with zero attached hydrogens (tertiary/aromatic N) is 4. The second-order valence-electron chi connectivity index (χ2n) is 5.68. The smallest absolute Gasteiger partial charge is 0.160 e. The number of nitrogens with one attached hydrogen (secondary N) is 1. The second-order valence-corrected chi connectivity index (χ2v) is 5.68. The first-order valence-electron chi connectivity index (χ1n) is 7.50. The zero-order chi connectivity index (χ0) is 13.9. The average molecular weight is 273 g/mol. The Morgan fingerprint density at radius 1 is 1.30 bits per heavy atom. The summed E-state index contributed by atoms with van der Waals surface area (Å²) in [5.41, 5.74) is 2.02. The molecule has 2 aromatic heterocycles. The van der Waals surface area contributed by atoms with Crippen LogP contribution in [0.3, 0.4) is 0 Å². The van der Waals surface area contributed by atoms with Crippen molar-refractivity contribution in [1.82, 2.24) is 24.8 Å². The van der Waals surface area contributed by atoms with Crippen molar-refractivity contribution in [2.45, 2.75) is 26.3 Å². The topological polar surface area (TPSA) is 46.0 Å². The Morgan fingerprint density at radius 3 is 2.85 bits per heavy atom. The van der Waals surface area contributed by atoms with E-state index in [9.17, 15) is 0 Å². The number of pyridine rings is 1. The summed E-state index contributed by atoms with van der Waals surface area (Å²) in [6.45, 7) is 9.95. The summed E-state index contributed by atoms with van der Waals surface area (Å²) >= 11 is 0. The lowest BCUT2D eigenvalue weighted by atomic mass is 10.3. The minimum Gasteiger partial charge on any atom is -0.314 e. The molecule has 108 valence electrons. The third kappa shape index (κ3) is 2.69. The largest absolute Gasteiger partial charge is 0.314 e. The number of rotatable bonds is 4. The van der Waals surface area contributed by atoms with Gasteiger partial charge in [0.2, 0.25) is 0 Å². The first-order chi connectivity index (χ1) is 9.75. The van der Waals surface area contributed by atoms with E-state index in [1.54, 1.807) is 0 Å². The fourth-order valence-corrected chi connectivity index (χ4v) is 2.89. The molecule has 0 unspecified atom stereocenters. The van der Waals surface area contributed by atoms with Gasteiger partial charge in [0.1, 0.15) is 11.3 Å². The Kier molecular flexibility index (Phi) is 3.98. The average Bonchev–Trinajstić information content (AvgIpc) is 2.84. The molecule has 3 heterocycles. The molecule has 20 heavy (non-hydrogen) atoms. The molecule has 0 bridgehead atoms. The summed E-state index contributed by atoms with van der Waals surface area (Å²) < 4.78 is 2.28. The minimum atomic E-state index is 0.396. The first-order valence-corrected chi connectivity index (χ1v) is 7.50. The minimum absolute atomic E-state index is 0.396. The maximum Gasteiger partial charge on any atom is 0.160 e. The van der Waals surface area contributed by atoms with E-state index in [0.29, 0.717) is 6.04 Å². The van der Waals surface area contributed by atoms with Crippen LogP contribution in [0.2, 0.25) is 0 Å². The van der Waals surface area contributed by atoms with E-state index in [2.05, 4.69) is 39.7 Å². The second kappa shape index (κ2) is 5.89. The van der Waals surface area contributed by atoms with E-state index in [0.717, 1.165) is 56.1 Å². The molecule has 3 rings (SSSR count). The van der Waals surface area contributed by atoms with Gasteiger partial charge < -0.3 is 14.8 Å². The standard InChI is InChI=1S/C15H23N5/c1-12(2)20-14(5-9-19-10-7-16-8-11-19)18-13-4-3-6-17-15(13)20/h3-4,6,12,16H,5,7-11H2,1-2H3. The normalized spacial score (nSPS) is 17.1. The molecule has 0 saturated carbocycles. The van der Waals surface area contributed by atoms with Gasteiger partial charge >= 0.3 is 0 Å². The Balaban J connectivity index is 1.81. The predicted octanol–water partition coefficient (Wildman–Crippen LogP) is 1.46. The number of piperazine rings is 1. The Labute approximate surface area is 120 Å². The number of imidazole rings is 1. The third-order valence-corrected chi connectivity index (χ3v) is 3.90. The van der Waals surface area contributed by atoms with Crippen molar-refractivity contribution in [1.29, 1.82) is 0 Å². The van der Waals surface area contributed by atoms with Gasteiger partial charge in [-0.05, 0) is 26.0 Å². The van der Waals surface area contributed by atoms with E-state index in [4.69, 9.17) is 4.98 Å². The highest BCUT2D eigenvalue weighted by molar-refractivity contribution is 5.71. The molecule has 0 aromatic carbocycles. The van der Waals surface area contributed by atoms with E-state index < -0.39 is 0 Å². The number of hydrogen-bond acceptors (Lipinski definition) is 4. The molecule has 5 nitrogen and oxygen atoms in total. The molecule has 1 saturated heterocycles. The highest BCUT2D eigenvalue weighted by Crippen LogP contribution is 2.19. The fraction of sp³-hybridized carbons (Fsp3) is 0.600. The lowest BCUT2D eigenvalue weighted by molar-refractivity contribution is 0.241. The van der Waals surface area contributed by atoms with Gasteiger partial charge in [0, 0.05) is 51.4 Å². The van der Waals surface area contributed by atoms with Crippen molar-refractivity contribution in [3.63, 3.8) is 0 Å². The van der Waals surface area contributed by atoms with Gasteiger partial charge in [-0.25, -0.2) is 9.97 Å². The SMILES string of the molecule is CC(C)n1c(CCN2CCNCC2)nc2cccnc21. The lowest BCUT2D eigenvalue weighted by Crippen LogP contribution is -2.44. The Bertz CT molecular complexity index is 569. The van der Waals surface area contributed by atoms with Crippen LogP contribution < -0.4 is 5.32 Å². The van der Waals surface area contributed by atoms with E-state index in [1.165, 1.54) is 0 Å². The zero-order valence-electron chi connectivity index (χ0n) is 12.3. The molecule has 0 radical (unpaired) electrons. The number of hydrogen-bond donors (Lipinski definition) is 1. The van der Waals surface area contributed by atoms with Gasteiger partial charge in [0.25, 0.3) is 0 Å². The zero-order valence-corrected chi connectivity index (χ0v) is 12.3. The van der Waals surface area contributed by atoms with Crippen LogP contribution in [-0.4, -0.2) is 52.2 Å². The van der Waals surface area contributed by atoms with Crippen molar-refractivity contribution < 1.29 is 0 Å². The van der Waals surface area contributed by atoms with Crippen LogP contribution in [0, 0.1) is 0 Å². The lowest BCUT2D eigenvalue weighted by Gasteiger charge is -2.27. The van der Waals surface area contributed by atoms with E-state index in [-0.39, 0.29) is 0 Å². The van der Waals surface area contributed by atoms with Crippen LogP contribution in [0.25, 0.3) is 11.2 Å². The fourth-order valence-electron chi connectivity index (χ4n) is 2.89. The molecule has 0 atom stereocenters. The third-order valence-electron chi connectivity index (χ3n) is 3.90. The van der Waals surface area contributed by atoms with Crippen LogP contribution in [-0.2, 0) is 6.42 Å². The number of fused-ring (bicyclic) bond motifs is 1. The summed E-state index contributed by atoms with van der Waals surface area (Å²) in [4.78, 5) is 11.8. The highest BCUT2D eigenvalue weighted by atomic mass is 15.2. The highest BCUT2D eigenvalue weighted by Gasteiger charge is 2.16. The van der Waals surface area contributed by atoms with Crippen LogP contribution in [0.15, 0.2) is 18.3 Å². The summed E-state index contributed by atoms with van der Waals surface area (Å²) in [5, 5.41) is 3.39. The van der Waals surface area contributed by atoms with Gasteiger partial charge in [0.15, 0.2) is 5.65 Å². The van der Waals surface area contributed by atoms with Crippen molar-refractivity contribution in [3.8, 4) is 0 Å². The molecule has 2 aromatic rings. The van der Waals surface area contributed by atoms with Gasteiger partial charge in [0.05, 0.1) is 0 Å². The van der Waals surface area contributed by atoms with Gasteiger partial charge in [-0.2, -0.15) is 0 Å². The number of aromatic nitrogens is 3. The monoisotopic (exact) mass is 273 g/mol. The summed E-state index contributed by atoms with van der Waals surface area (Å²) in [5.74, 6) is 1.16. The van der Waals surface area contributed by atoms with Crippen LogP contribution in [0.1, 0.15) is 25.7 Å². The van der Waals surface area contributed by atoms with E-state index >= 15 is 0 Å². The maximum atomic E-state index is 4.78. The molecule has 0 aliphatic carbocycles. The van der Waals surface area contributed by atoms with Gasteiger partial charge in [-0.3, -0.25) is 0 Å². The van der Waals surface area contributed by atoms with Crippen molar-refractivity contribution in [3.05, 3.63) is 24.2 Å². The van der Waals surface area contributed by atoms with Gasteiger partial charge in [-0.15, -0.1) is 0 Å². The van der Waals surface area contributed by atoms with Crippen LogP contribution in [0.4, 0.5) is 0 Å². The van der Waals surface area contributed by atoms with Crippen molar-refractivity contribution in [2.24, 2.45) is 0 Å². The summed E-state index contributed by atoms with van der Waals surface area (Å²) in [7, 11) is 0. The van der Waals surface area contributed by atoms with E-state index in [1.807, 2.05) is 12.3 Å². The molecular weight excluding hydrogens is 250 g/mol. The predicted molar refractivity (Wildman–Crippen MR) is 80.9 cm³/mol. The molecule has 0 spiro atoms. The summed E-state index contributed by atoms with van der Waals surface area (Å²) in [6, 6.07) is 4.41. The molecule has 1 N–H and O–H groups in total.